The van der Waals surface area contributed by atoms with Crippen LogP contribution in [0, 0.1) is 11.8 Å². The molecule has 1 unspecified atom stereocenters. The van der Waals surface area contributed by atoms with Crippen molar-refractivity contribution >= 4 is 51.8 Å². The van der Waals surface area contributed by atoms with Gasteiger partial charge in [0.05, 0.1) is 34.0 Å². The van der Waals surface area contributed by atoms with Crippen LogP contribution >= 0.6 is 0 Å². The van der Waals surface area contributed by atoms with Gasteiger partial charge in [-0.05, 0) is 127 Å². The van der Waals surface area contributed by atoms with Gasteiger partial charge in [0.2, 0.25) is 11.8 Å². The summed E-state index contributed by atoms with van der Waals surface area (Å²) in [6, 6.07) is 11.0. The molecule has 14 nitrogen and oxygen atoms in total. The number of halogens is 3. The summed E-state index contributed by atoms with van der Waals surface area (Å²) in [4.78, 5) is 70.8. The number of nitrogens with one attached hydrogen (secondary N) is 3. The normalized spacial score (nSPS) is 21.6. The number of aliphatic hydroxyl groups is 1. The Morgan fingerprint density at radius 3 is 2.36 bits per heavy atom. The largest absolute Gasteiger partial charge is 0.433 e. The van der Waals surface area contributed by atoms with Crippen molar-refractivity contribution in [3.8, 4) is 0 Å². The Hall–Kier alpha value is -5.68. The lowest BCUT2D eigenvalue weighted by Crippen LogP contribution is -2.54. The summed E-state index contributed by atoms with van der Waals surface area (Å²) in [5.41, 5.74) is -0.341. The number of piperidine rings is 2. The lowest BCUT2D eigenvalue weighted by Gasteiger charge is -2.35. The smallest absolute Gasteiger partial charge is 0.386 e. The summed E-state index contributed by atoms with van der Waals surface area (Å²) in [5, 5.41) is 25.1. The lowest BCUT2D eigenvalue weighted by molar-refractivity contribution is -0.141. The zero-order valence-electron chi connectivity index (χ0n) is 34.1. The van der Waals surface area contributed by atoms with E-state index in [1.54, 1.807) is 38.1 Å². The average Bonchev–Trinajstić information content (AvgIpc) is 3.76. The van der Waals surface area contributed by atoms with Crippen molar-refractivity contribution in [3.05, 3.63) is 82.8 Å². The van der Waals surface area contributed by atoms with Crippen LogP contribution in [-0.2, 0) is 21.4 Å². The van der Waals surface area contributed by atoms with Crippen LogP contribution in [-0.4, -0.2) is 86.5 Å². The van der Waals surface area contributed by atoms with Crippen LogP contribution in [0.3, 0.4) is 0 Å². The summed E-state index contributed by atoms with van der Waals surface area (Å²) >= 11 is 0. The van der Waals surface area contributed by atoms with E-state index < -0.39 is 58.7 Å². The fourth-order valence-corrected chi connectivity index (χ4v) is 9.24. The molecule has 4 N–H and O–H groups in total. The summed E-state index contributed by atoms with van der Waals surface area (Å²) < 4.78 is 41.7. The average molecular weight is 843 g/mol. The highest BCUT2D eigenvalue weighted by molar-refractivity contribution is 6.25. The number of benzene rings is 2. The molecular weight excluding hydrogens is 794 g/mol. The number of hydrogen-bond acceptors (Lipinski definition) is 10. The van der Waals surface area contributed by atoms with Crippen molar-refractivity contribution < 1.29 is 42.3 Å². The van der Waals surface area contributed by atoms with Crippen LogP contribution in [0.5, 0.6) is 0 Å². The van der Waals surface area contributed by atoms with E-state index in [0.29, 0.717) is 39.7 Å². The molecule has 1 atom stereocenters. The minimum Gasteiger partial charge on any atom is -0.386 e. The molecule has 0 bridgehead atoms. The Balaban J connectivity index is 0.806. The second-order valence-corrected chi connectivity index (χ2v) is 17.2. The maximum absolute atomic E-state index is 13.6. The van der Waals surface area contributed by atoms with E-state index in [9.17, 15) is 42.3 Å². The molecule has 2 saturated heterocycles. The summed E-state index contributed by atoms with van der Waals surface area (Å²) in [6.45, 7) is 6.45. The molecule has 4 aromatic rings. The van der Waals surface area contributed by atoms with Gasteiger partial charge in [0.25, 0.3) is 17.7 Å². The van der Waals surface area contributed by atoms with E-state index in [0.717, 1.165) is 93.5 Å². The quantitative estimate of drug-likeness (QED) is 0.104. The fourth-order valence-electron chi connectivity index (χ4n) is 9.24. The van der Waals surface area contributed by atoms with E-state index in [1.807, 2.05) is 16.9 Å². The first-order chi connectivity index (χ1) is 29.0. The Labute approximate surface area is 350 Å². The number of fused-ring (bicyclic) bond motifs is 2. The molecule has 3 aliphatic heterocycles. The molecule has 8 rings (SSSR count). The number of alkyl halides is 3. The number of carbonyl (C=O) groups is 5. The first-order valence-corrected chi connectivity index (χ1v) is 21.0. The summed E-state index contributed by atoms with van der Waals surface area (Å²) in [5.74, 6) is -1.79. The number of pyridine rings is 1. The number of carbonyl (C=O) groups excluding carboxylic acids is 5. The summed E-state index contributed by atoms with van der Waals surface area (Å²) in [6.07, 6.45) is 4.25. The number of nitrogens with zero attached hydrogens (tertiary/aromatic N) is 5. The van der Waals surface area contributed by atoms with Crippen molar-refractivity contribution in [2.24, 2.45) is 11.8 Å². The molecule has 5 heterocycles. The van der Waals surface area contributed by atoms with Gasteiger partial charge in [0, 0.05) is 42.3 Å². The highest BCUT2D eigenvalue weighted by Crippen LogP contribution is 2.38. The second-order valence-electron chi connectivity index (χ2n) is 17.2. The molecule has 322 valence electrons. The topological polar surface area (TPSA) is 179 Å². The van der Waals surface area contributed by atoms with E-state index in [4.69, 9.17) is 5.10 Å². The Morgan fingerprint density at radius 2 is 1.66 bits per heavy atom. The summed E-state index contributed by atoms with van der Waals surface area (Å²) in [7, 11) is 0. The first kappa shape index (κ1) is 42.0. The van der Waals surface area contributed by atoms with Gasteiger partial charge in [0.1, 0.15) is 17.4 Å². The SMILES string of the molecule is CC(C)(O)c1cc2nn(C3CCC(CNCCC4CCN(c5cccc6c5C(=O)N(C5CCC(=O)NC5=O)C6=O)CC4)CC3)cc2cc1NC(=O)c1cccc(C(F)(F)F)n1. The van der Waals surface area contributed by atoms with Gasteiger partial charge in [-0.1, -0.05) is 12.1 Å². The molecule has 2 aromatic heterocycles. The van der Waals surface area contributed by atoms with Crippen LogP contribution in [0.1, 0.15) is 120 Å². The third-order valence-corrected chi connectivity index (χ3v) is 12.6. The number of imide groups is 2. The van der Waals surface area contributed by atoms with Crippen molar-refractivity contribution in [2.45, 2.75) is 95.5 Å². The van der Waals surface area contributed by atoms with Gasteiger partial charge >= 0.3 is 6.18 Å². The Bertz CT molecular complexity index is 2380. The minimum absolute atomic E-state index is 0.0749. The molecule has 3 fully saturated rings. The van der Waals surface area contributed by atoms with Crippen LogP contribution in [0.4, 0.5) is 24.5 Å². The van der Waals surface area contributed by atoms with Gasteiger partial charge in [0.15, 0.2) is 0 Å². The third kappa shape index (κ3) is 8.76. The highest BCUT2D eigenvalue weighted by Gasteiger charge is 2.46. The first-order valence-electron chi connectivity index (χ1n) is 21.0. The van der Waals surface area contributed by atoms with Crippen LogP contribution in [0.2, 0.25) is 0 Å². The predicted octanol–water partition coefficient (Wildman–Crippen LogP) is 5.96. The van der Waals surface area contributed by atoms with Gasteiger partial charge < -0.3 is 20.6 Å². The van der Waals surface area contributed by atoms with Gasteiger partial charge in [-0.15, -0.1) is 0 Å². The highest BCUT2D eigenvalue weighted by atomic mass is 19.4. The van der Waals surface area contributed by atoms with Gasteiger partial charge in [-0.3, -0.25) is 38.9 Å². The van der Waals surface area contributed by atoms with Crippen LogP contribution in [0.25, 0.3) is 10.9 Å². The van der Waals surface area contributed by atoms with E-state index >= 15 is 0 Å². The predicted molar refractivity (Wildman–Crippen MR) is 219 cm³/mol. The number of amides is 5. The van der Waals surface area contributed by atoms with Crippen LogP contribution < -0.4 is 20.9 Å². The van der Waals surface area contributed by atoms with Crippen molar-refractivity contribution in [3.63, 3.8) is 0 Å². The number of aromatic nitrogens is 3. The molecule has 1 aliphatic carbocycles. The number of anilines is 2. The van der Waals surface area contributed by atoms with E-state index in [1.165, 1.54) is 6.07 Å². The zero-order valence-corrected chi connectivity index (χ0v) is 34.1. The van der Waals surface area contributed by atoms with Crippen molar-refractivity contribution in [1.29, 1.82) is 0 Å². The maximum Gasteiger partial charge on any atom is 0.433 e. The Kier molecular flexibility index (Phi) is 11.5. The number of hydrogen-bond donors (Lipinski definition) is 4. The molecule has 61 heavy (non-hydrogen) atoms. The lowest BCUT2D eigenvalue weighted by atomic mass is 9.86. The third-order valence-electron chi connectivity index (χ3n) is 12.6. The van der Waals surface area contributed by atoms with Crippen molar-refractivity contribution in [2.75, 3.05) is 36.4 Å². The molecule has 0 radical (unpaired) electrons. The molecular formula is C44H49F3N8O6. The molecule has 17 heteroatoms. The monoisotopic (exact) mass is 842 g/mol. The standard InChI is InChI=1S/C44H49F3N8O6/c1-43(2,61)30-22-32-27(21-33(30)50-39(57)31-6-4-8-36(49-31)44(45,46)47)24-54(52-32)28-11-9-26(10-12-28)23-48-18-15-25-16-19-53(20-17-25)34-7-3-5-29-38(34)42(60)55(41(29)59)35-13-14-37(56)51-40(35)58/h3-8,21-22,24-26,28,35,48,61H,9-20,23H2,1-2H3,(H,50,57)(H,51,56,58). The molecule has 0 spiro atoms. The fraction of sp³-hybridized carbons (Fsp3) is 0.477. The minimum atomic E-state index is -4.70. The molecule has 4 aliphatic rings. The second kappa shape index (κ2) is 16.6. The van der Waals surface area contributed by atoms with E-state index in [-0.39, 0.29) is 24.6 Å². The van der Waals surface area contributed by atoms with Gasteiger partial charge in [-0.2, -0.15) is 18.3 Å². The van der Waals surface area contributed by atoms with E-state index in [2.05, 4.69) is 25.8 Å². The molecule has 1 saturated carbocycles. The van der Waals surface area contributed by atoms with Crippen LogP contribution in [0.15, 0.2) is 54.7 Å². The van der Waals surface area contributed by atoms with Gasteiger partial charge in [-0.25, -0.2) is 4.98 Å². The Morgan fingerprint density at radius 1 is 0.918 bits per heavy atom. The zero-order chi connectivity index (χ0) is 43.2. The maximum atomic E-state index is 13.6. The van der Waals surface area contributed by atoms with Crippen molar-refractivity contribution in [1.82, 2.24) is 30.3 Å². The molecule has 5 amide bonds. The molecule has 2 aromatic carbocycles. The number of rotatable bonds is 11.